The van der Waals surface area contributed by atoms with E-state index in [0.29, 0.717) is 12.1 Å². The number of amidine groups is 1. The molecule has 4 N–H and O–H groups in total. The van der Waals surface area contributed by atoms with E-state index in [1.54, 1.807) is 24.3 Å². The Morgan fingerprint density at radius 2 is 1.67 bits per heavy atom. The summed E-state index contributed by atoms with van der Waals surface area (Å²) >= 11 is 0. The second-order valence-electron chi connectivity index (χ2n) is 4.46. The molecule has 0 saturated heterocycles. The van der Waals surface area contributed by atoms with Gasteiger partial charge in [-0.25, -0.2) is 12.8 Å². The van der Waals surface area contributed by atoms with Crippen molar-refractivity contribution >= 4 is 21.5 Å². The first-order chi connectivity index (χ1) is 9.87. The predicted molar refractivity (Wildman–Crippen MR) is 79.3 cm³/mol. The van der Waals surface area contributed by atoms with Gasteiger partial charge < -0.3 is 5.73 Å². The van der Waals surface area contributed by atoms with Gasteiger partial charge in [0.05, 0.1) is 10.7 Å². The molecule has 110 valence electrons. The number of rotatable bonds is 5. The van der Waals surface area contributed by atoms with Crippen molar-refractivity contribution in [2.24, 2.45) is 5.73 Å². The molecule has 0 aliphatic rings. The van der Waals surface area contributed by atoms with Crippen LogP contribution in [0.1, 0.15) is 5.56 Å². The molecule has 0 amide bonds. The summed E-state index contributed by atoms with van der Waals surface area (Å²) in [6.45, 7) is 0. The van der Waals surface area contributed by atoms with Crippen LogP contribution in [0.25, 0.3) is 0 Å². The molecule has 0 spiro atoms. The van der Waals surface area contributed by atoms with Gasteiger partial charge in [0, 0.05) is 12.1 Å². The van der Waals surface area contributed by atoms with Crippen LogP contribution in [-0.4, -0.2) is 14.3 Å². The van der Waals surface area contributed by atoms with Crippen LogP contribution in [0.5, 0.6) is 0 Å². The summed E-state index contributed by atoms with van der Waals surface area (Å²) in [5, 5.41) is 7.19. The van der Waals surface area contributed by atoms with Gasteiger partial charge in [-0.2, -0.15) is 0 Å². The van der Waals surface area contributed by atoms with E-state index in [-0.39, 0.29) is 10.7 Å². The molecule has 2 aromatic rings. The van der Waals surface area contributed by atoms with Gasteiger partial charge in [0.2, 0.25) is 0 Å². The molecule has 0 atom stereocenters. The third-order valence-electron chi connectivity index (χ3n) is 2.72. The van der Waals surface area contributed by atoms with E-state index in [4.69, 9.17) is 11.1 Å². The van der Waals surface area contributed by atoms with Crippen LogP contribution in [0.15, 0.2) is 53.4 Å². The first kappa shape index (κ1) is 15.0. The van der Waals surface area contributed by atoms with Crippen LogP contribution in [0.2, 0.25) is 0 Å². The molecule has 0 aromatic heterocycles. The van der Waals surface area contributed by atoms with Gasteiger partial charge in [-0.1, -0.05) is 12.1 Å². The van der Waals surface area contributed by atoms with Crippen LogP contribution >= 0.6 is 0 Å². The summed E-state index contributed by atoms with van der Waals surface area (Å²) in [6.07, 6.45) is 0.311. The Kier molecular flexibility index (Phi) is 4.23. The van der Waals surface area contributed by atoms with Crippen LogP contribution in [-0.2, 0) is 16.4 Å². The summed E-state index contributed by atoms with van der Waals surface area (Å²) in [5.74, 6) is -0.461. The Labute approximate surface area is 122 Å². The number of anilines is 1. The fourth-order valence-corrected chi connectivity index (χ4v) is 2.80. The maximum atomic E-state index is 12.8. The maximum absolute atomic E-state index is 12.8. The minimum absolute atomic E-state index is 0.0169. The summed E-state index contributed by atoms with van der Waals surface area (Å²) in [5.41, 5.74) is 6.49. The van der Waals surface area contributed by atoms with Crippen molar-refractivity contribution in [3.8, 4) is 0 Å². The maximum Gasteiger partial charge on any atom is 0.261 e. The Hall–Kier alpha value is -2.41. The Morgan fingerprint density at radius 1 is 1.10 bits per heavy atom. The minimum Gasteiger partial charge on any atom is -0.387 e. The number of nitrogens with two attached hydrogens (primary N) is 1. The third-order valence-corrected chi connectivity index (χ3v) is 4.12. The number of halogens is 1. The highest BCUT2D eigenvalue weighted by Crippen LogP contribution is 2.17. The van der Waals surface area contributed by atoms with Crippen LogP contribution in [0.3, 0.4) is 0 Å². The molecular weight excluding hydrogens is 293 g/mol. The standard InChI is InChI=1S/C14H14FN3O2S/c15-11-3-7-13(8-4-11)21(19,20)18-12-5-1-10(2-6-12)9-14(16)17/h1-8,18H,9H2,(H3,16,17). The van der Waals surface area contributed by atoms with Crippen LogP contribution < -0.4 is 10.5 Å². The van der Waals surface area contributed by atoms with E-state index in [9.17, 15) is 12.8 Å². The molecule has 0 aliphatic heterocycles. The van der Waals surface area contributed by atoms with E-state index >= 15 is 0 Å². The predicted octanol–water partition coefficient (Wildman–Crippen LogP) is 2.10. The monoisotopic (exact) mass is 307 g/mol. The van der Waals surface area contributed by atoms with Crippen molar-refractivity contribution in [1.29, 1.82) is 5.41 Å². The van der Waals surface area contributed by atoms with Crippen molar-refractivity contribution in [2.75, 3.05) is 4.72 Å². The minimum atomic E-state index is -3.75. The number of sulfonamides is 1. The van der Waals surface area contributed by atoms with Crippen molar-refractivity contribution in [3.63, 3.8) is 0 Å². The lowest BCUT2D eigenvalue weighted by molar-refractivity contribution is 0.599. The second kappa shape index (κ2) is 5.92. The topological polar surface area (TPSA) is 96.0 Å². The largest absolute Gasteiger partial charge is 0.387 e. The van der Waals surface area contributed by atoms with Gasteiger partial charge in [0.15, 0.2) is 0 Å². The molecule has 2 aromatic carbocycles. The smallest absolute Gasteiger partial charge is 0.261 e. The van der Waals surface area contributed by atoms with Gasteiger partial charge >= 0.3 is 0 Å². The lowest BCUT2D eigenvalue weighted by Gasteiger charge is -2.08. The van der Waals surface area contributed by atoms with E-state index < -0.39 is 15.8 Å². The summed E-state index contributed by atoms with van der Waals surface area (Å²) < 4.78 is 39.4. The van der Waals surface area contributed by atoms with E-state index in [0.717, 1.165) is 17.7 Å². The molecule has 0 aliphatic carbocycles. The summed E-state index contributed by atoms with van der Waals surface area (Å²) in [6, 6.07) is 11.1. The number of nitrogens with one attached hydrogen (secondary N) is 2. The zero-order chi connectivity index (χ0) is 15.5. The highest BCUT2D eigenvalue weighted by atomic mass is 32.2. The molecule has 7 heteroatoms. The average molecular weight is 307 g/mol. The molecule has 0 bridgehead atoms. The molecule has 2 rings (SSSR count). The summed E-state index contributed by atoms with van der Waals surface area (Å²) in [4.78, 5) is -0.0169. The van der Waals surface area contributed by atoms with Crippen molar-refractivity contribution in [1.82, 2.24) is 0 Å². The molecular formula is C14H14FN3O2S. The Bertz CT molecular complexity index is 741. The Balaban J connectivity index is 2.16. The first-order valence-electron chi connectivity index (χ1n) is 6.07. The zero-order valence-corrected chi connectivity index (χ0v) is 11.8. The molecule has 5 nitrogen and oxygen atoms in total. The van der Waals surface area contributed by atoms with Gasteiger partial charge in [-0.05, 0) is 42.0 Å². The number of hydrogen-bond donors (Lipinski definition) is 3. The van der Waals surface area contributed by atoms with Crippen molar-refractivity contribution in [2.45, 2.75) is 11.3 Å². The van der Waals surface area contributed by atoms with Crippen LogP contribution in [0, 0.1) is 11.2 Å². The van der Waals surface area contributed by atoms with Gasteiger partial charge in [-0.3, -0.25) is 10.1 Å². The van der Waals surface area contributed by atoms with E-state index in [1.165, 1.54) is 12.1 Å². The SMILES string of the molecule is N=C(N)Cc1ccc(NS(=O)(=O)c2ccc(F)cc2)cc1. The quantitative estimate of drug-likeness (QED) is 0.583. The highest BCUT2D eigenvalue weighted by molar-refractivity contribution is 7.92. The molecule has 0 heterocycles. The normalized spacial score (nSPS) is 11.1. The highest BCUT2D eigenvalue weighted by Gasteiger charge is 2.13. The third kappa shape index (κ3) is 4.03. The van der Waals surface area contributed by atoms with Gasteiger partial charge in [0.25, 0.3) is 10.0 Å². The molecule has 0 radical (unpaired) electrons. The summed E-state index contributed by atoms with van der Waals surface area (Å²) in [7, 11) is -3.75. The number of hydrogen-bond acceptors (Lipinski definition) is 3. The van der Waals surface area contributed by atoms with Crippen molar-refractivity contribution in [3.05, 3.63) is 59.9 Å². The van der Waals surface area contributed by atoms with Crippen LogP contribution in [0.4, 0.5) is 10.1 Å². The molecule has 21 heavy (non-hydrogen) atoms. The van der Waals surface area contributed by atoms with Gasteiger partial charge in [-0.15, -0.1) is 0 Å². The van der Waals surface area contributed by atoms with E-state index in [1.807, 2.05) is 0 Å². The number of benzene rings is 2. The van der Waals surface area contributed by atoms with Crippen molar-refractivity contribution < 1.29 is 12.8 Å². The van der Waals surface area contributed by atoms with E-state index in [2.05, 4.69) is 4.72 Å². The lowest BCUT2D eigenvalue weighted by Crippen LogP contribution is -2.14. The fourth-order valence-electron chi connectivity index (χ4n) is 1.74. The molecule has 0 saturated carbocycles. The first-order valence-corrected chi connectivity index (χ1v) is 7.55. The Morgan fingerprint density at radius 3 is 2.19 bits per heavy atom. The molecule has 0 fully saturated rings. The zero-order valence-electron chi connectivity index (χ0n) is 11.0. The second-order valence-corrected chi connectivity index (χ2v) is 6.14. The lowest BCUT2D eigenvalue weighted by atomic mass is 10.1. The molecule has 0 unspecified atom stereocenters. The van der Waals surface area contributed by atoms with Gasteiger partial charge in [0.1, 0.15) is 5.82 Å². The fraction of sp³-hybridized carbons (Fsp3) is 0.0714. The average Bonchev–Trinajstić information content (AvgIpc) is 2.40.